The summed E-state index contributed by atoms with van der Waals surface area (Å²) in [6, 6.07) is 10.9. The van der Waals surface area contributed by atoms with Crippen LogP contribution in [0.2, 0.25) is 0 Å². The molecule has 0 amide bonds. The molecule has 5 nitrogen and oxygen atoms in total. The second-order valence-corrected chi connectivity index (χ2v) is 7.84. The van der Waals surface area contributed by atoms with Crippen molar-refractivity contribution in [1.29, 1.82) is 0 Å². The minimum Gasteiger partial charge on any atom is -0.494 e. The average Bonchev–Trinajstić information content (AvgIpc) is 2.71. The Kier molecular flexibility index (Phi) is 10.9. The van der Waals surface area contributed by atoms with E-state index in [1.807, 2.05) is 24.3 Å². The van der Waals surface area contributed by atoms with Gasteiger partial charge in [0.1, 0.15) is 17.4 Å². The number of benzene rings is 2. The van der Waals surface area contributed by atoms with Crippen LogP contribution in [0.15, 0.2) is 42.5 Å². The van der Waals surface area contributed by atoms with Crippen LogP contribution in [0.25, 0.3) is 0 Å². The lowest BCUT2D eigenvalue weighted by Gasteiger charge is -2.11. The van der Waals surface area contributed by atoms with Crippen LogP contribution in [-0.4, -0.2) is 23.4 Å². The summed E-state index contributed by atoms with van der Waals surface area (Å²) >= 11 is 9.96. The Bertz CT molecular complexity index is 867. The summed E-state index contributed by atoms with van der Waals surface area (Å²) in [5.74, 6) is -0.498. The maximum absolute atomic E-state index is 13.6. The van der Waals surface area contributed by atoms with Gasteiger partial charge in [-0.3, -0.25) is 0 Å². The summed E-state index contributed by atoms with van der Waals surface area (Å²) in [6.07, 6.45) is 6.39. The van der Waals surface area contributed by atoms with Crippen LogP contribution in [0.1, 0.15) is 38.5 Å². The first-order valence-corrected chi connectivity index (χ1v) is 11.0. The van der Waals surface area contributed by atoms with Crippen LogP contribution in [0, 0.1) is 11.6 Å². The molecule has 31 heavy (non-hydrogen) atoms. The highest BCUT2D eigenvalue weighted by Crippen LogP contribution is 2.18. The standard InChI is InChI=1S/C22H28F2N4OS2/c23-16-10-11-20(19(24)14-16)28-22(31)26-12-5-3-1-2-4-6-13-29-18-9-7-8-17(15-18)27-21(25)30/h7-11,14-15H,1-6,12-13H2,(H3,25,27,30)(H2,26,28,31). The van der Waals surface area contributed by atoms with Crippen molar-refractivity contribution in [3.8, 4) is 5.75 Å². The number of halogens is 2. The molecular formula is C22H28F2N4OS2. The van der Waals surface area contributed by atoms with Crippen molar-refractivity contribution in [3.05, 3.63) is 54.1 Å². The van der Waals surface area contributed by atoms with Crippen molar-refractivity contribution < 1.29 is 13.5 Å². The number of thiocarbonyl (C=S) groups is 2. The van der Waals surface area contributed by atoms with E-state index < -0.39 is 11.6 Å². The second kappa shape index (κ2) is 13.7. The molecule has 0 aliphatic rings. The largest absolute Gasteiger partial charge is 0.494 e. The Morgan fingerprint density at radius 3 is 2.39 bits per heavy atom. The van der Waals surface area contributed by atoms with Crippen molar-refractivity contribution in [1.82, 2.24) is 5.32 Å². The molecule has 0 heterocycles. The molecule has 9 heteroatoms. The maximum atomic E-state index is 13.6. The molecule has 0 aromatic heterocycles. The maximum Gasteiger partial charge on any atom is 0.170 e. The van der Waals surface area contributed by atoms with E-state index in [-0.39, 0.29) is 10.8 Å². The Morgan fingerprint density at radius 1 is 0.903 bits per heavy atom. The van der Waals surface area contributed by atoms with E-state index in [2.05, 4.69) is 16.0 Å². The van der Waals surface area contributed by atoms with Crippen molar-refractivity contribution in [2.45, 2.75) is 38.5 Å². The van der Waals surface area contributed by atoms with E-state index >= 15 is 0 Å². The third kappa shape index (κ3) is 10.4. The van der Waals surface area contributed by atoms with E-state index in [4.69, 9.17) is 34.9 Å². The zero-order valence-corrected chi connectivity index (χ0v) is 18.9. The predicted octanol–water partition coefficient (Wildman–Crippen LogP) is 5.33. The van der Waals surface area contributed by atoms with Gasteiger partial charge in [-0.15, -0.1) is 0 Å². The monoisotopic (exact) mass is 466 g/mol. The number of hydrogen-bond acceptors (Lipinski definition) is 3. The highest BCUT2D eigenvalue weighted by Gasteiger charge is 2.05. The molecule has 0 spiro atoms. The fraction of sp³-hybridized carbons (Fsp3) is 0.364. The molecule has 5 N–H and O–H groups in total. The lowest BCUT2D eigenvalue weighted by Crippen LogP contribution is -2.29. The molecular weight excluding hydrogens is 438 g/mol. The number of hydrogen-bond donors (Lipinski definition) is 4. The fourth-order valence-corrected chi connectivity index (χ4v) is 3.22. The van der Waals surface area contributed by atoms with Crippen LogP contribution in [-0.2, 0) is 0 Å². The Hall–Kier alpha value is -2.52. The van der Waals surface area contributed by atoms with Gasteiger partial charge in [-0.25, -0.2) is 8.78 Å². The smallest absolute Gasteiger partial charge is 0.170 e. The first kappa shape index (κ1) is 24.7. The number of nitrogens with two attached hydrogens (primary N) is 1. The van der Waals surface area contributed by atoms with Crippen molar-refractivity contribution >= 4 is 46.0 Å². The molecule has 0 bridgehead atoms. The van der Waals surface area contributed by atoms with Gasteiger partial charge in [0.15, 0.2) is 10.2 Å². The number of anilines is 2. The molecule has 0 unspecified atom stereocenters. The zero-order valence-electron chi connectivity index (χ0n) is 17.3. The Morgan fingerprint density at radius 2 is 1.65 bits per heavy atom. The summed E-state index contributed by atoms with van der Waals surface area (Å²) in [5, 5.41) is 9.22. The number of unbranched alkanes of at least 4 members (excludes halogenated alkanes) is 5. The summed E-state index contributed by atoms with van der Waals surface area (Å²) in [5.41, 5.74) is 6.45. The van der Waals surface area contributed by atoms with Crippen LogP contribution in [0.4, 0.5) is 20.2 Å². The van der Waals surface area contributed by atoms with Gasteiger partial charge in [0, 0.05) is 24.4 Å². The summed E-state index contributed by atoms with van der Waals surface area (Å²) in [6.45, 7) is 1.37. The van der Waals surface area contributed by atoms with Crippen molar-refractivity contribution in [3.63, 3.8) is 0 Å². The van der Waals surface area contributed by atoms with E-state index in [9.17, 15) is 8.78 Å². The van der Waals surface area contributed by atoms with E-state index in [1.54, 1.807) is 0 Å². The Balaban J connectivity index is 1.47. The first-order chi connectivity index (χ1) is 14.9. The summed E-state index contributed by atoms with van der Waals surface area (Å²) in [4.78, 5) is 0. The third-order valence-corrected chi connectivity index (χ3v) is 4.75. The zero-order chi connectivity index (χ0) is 22.5. The van der Waals surface area contributed by atoms with Gasteiger partial charge in [0.25, 0.3) is 0 Å². The van der Waals surface area contributed by atoms with Gasteiger partial charge in [-0.05, 0) is 61.5 Å². The Labute approximate surface area is 192 Å². The predicted molar refractivity (Wildman–Crippen MR) is 131 cm³/mol. The minimum atomic E-state index is -0.669. The minimum absolute atomic E-state index is 0.159. The molecule has 0 saturated heterocycles. The normalized spacial score (nSPS) is 10.4. The SMILES string of the molecule is NC(=S)Nc1cccc(OCCCCCCCCNC(=S)Nc2ccc(F)cc2F)c1. The lowest BCUT2D eigenvalue weighted by atomic mass is 10.1. The van der Waals surface area contributed by atoms with Gasteiger partial charge in [0.05, 0.1) is 12.3 Å². The second-order valence-electron chi connectivity index (χ2n) is 6.99. The lowest BCUT2D eigenvalue weighted by molar-refractivity contribution is 0.304. The molecule has 2 aromatic rings. The third-order valence-electron chi connectivity index (χ3n) is 4.41. The molecule has 0 saturated carbocycles. The molecule has 2 aromatic carbocycles. The van der Waals surface area contributed by atoms with Crippen LogP contribution < -0.4 is 26.4 Å². The topological polar surface area (TPSA) is 71.3 Å². The molecule has 0 atom stereocenters. The van der Waals surface area contributed by atoms with Gasteiger partial charge < -0.3 is 26.4 Å². The van der Waals surface area contributed by atoms with Gasteiger partial charge in [-0.1, -0.05) is 31.7 Å². The number of nitrogens with one attached hydrogen (secondary N) is 3. The fourth-order valence-electron chi connectivity index (χ4n) is 2.89. The van der Waals surface area contributed by atoms with Crippen molar-refractivity contribution in [2.75, 3.05) is 23.8 Å². The van der Waals surface area contributed by atoms with Crippen LogP contribution in [0.3, 0.4) is 0 Å². The summed E-state index contributed by atoms with van der Waals surface area (Å²) in [7, 11) is 0. The average molecular weight is 467 g/mol. The van der Waals surface area contributed by atoms with E-state index in [0.717, 1.165) is 56.0 Å². The number of rotatable bonds is 12. The van der Waals surface area contributed by atoms with Crippen molar-refractivity contribution in [2.24, 2.45) is 5.73 Å². The molecule has 0 radical (unpaired) electrons. The number of ether oxygens (including phenoxy) is 1. The van der Waals surface area contributed by atoms with E-state index in [0.29, 0.717) is 18.3 Å². The molecule has 168 valence electrons. The van der Waals surface area contributed by atoms with E-state index in [1.165, 1.54) is 12.1 Å². The first-order valence-electron chi connectivity index (χ1n) is 10.2. The molecule has 0 aliphatic heterocycles. The molecule has 2 rings (SSSR count). The summed E-state index contributed by atoms with van der Waals surface area (Å²) < 4.78 is 32.2. The van der Waals surface area contributed by atoms with Crippen LogP contribution in [0.5, 0.6) is 5.75 Å². The quantitative estimate of drug-likeness (QED) is 0.249. The highest BCUT2D eigenvalue weighted by molar-refractivity contribution is 7.80. The van der Waals surface area contributed by atoms with Gasteiger partial charge in [-0.2, -0.15) is 0 Å². The van der Waals surface area contributed by atoms with Gasteiger partial charge in [0.2, 0.25) is 0 Å². The molecule has 0 fully saturated rings. The van der Waals surface area contributed by atoms with Crippen LogP contribution >= 0.6 is 24.4 Å². The van der Waals surface area contributed by atoms with Gasteiger partial charge >= 0.3 is 0 Å². The highest BCUT2D eigenvalue weighted by atomic mass is 32.1. The molecule has 0 aliphatic carbocycles.